The third-order valence-corrected chi connectivity index (χ3v) is 4.14. The highest BCUT2D eigenvalue weighted by Gasteiger charge is 2.39. The Balaban J connectivity index is 2.18. The maximum absolute atomic E-state index is 11.8. The molecular weight excluding hydrogens is 252 g/mol. The van der Waals surface area contributed by atoms with E-state index < -0.39 is 10.0 Å². The second-order valence-electron chi connectivity index (χ2n) is 4.83. The van der Waals surface area contributed by atoms with Crippen molar-refractivity contribution >= 4 is 21.6 Å². The van der Waals surface area contributed by atoms with Crippen LogP contribution in [0.1, 0.15) is 18.9 Å². The van der Waals surface area contributed by atoms with Crippen LogP contribution in [0.5, 0.6) is 0 Å². The Labute approximate surface area is 106 Å². The number of aryl methyl sites for hydroxylation is 1. The molecule has 98 valence electrons. The van der Waals surface area contributed by atoms with Crippen LogP contribution in [-0.4, -0.2) is 14.3 Å². The molecule has 1 aromatic carbocycles. The molecule has 0 heterocycles. The van der Waals surface area contributed by atoms with Gasteiger partial charge in [-0.2, -0.15) is 0 Å². The minimum atomic E-state index is -3.70. The Morgan fingerprint density at radius 2 is 2.06 bits per heavy atom. The molecule has 6 heteroatoms. The third-order valence-electron chi connectivity index (χ3n) is 3.23. The molecule has 3 N–H and O–H groups in total. The highest BCUT2D eigenvalue weighted by atomic mass is 32.2. The van der Waals surface area contributed by atoms with Gasteiger partial charge in [0.2, 0.25) is 15.9 Å². The van der Waals surface area contributed by atoms with Crippen molar-refractivity contribution in [1.82, 2.24) is 0 Å². The Kier molecular flexibility index (Phi) is 3.16. The van der Waals surface area contributed by atoms with Crippen LogP contribution in [0.4, 0.5) is 5.69 Å². The van der Waals surface area contributed by atoms with Gasteiger partial charge < -0.3 is 5.32 Å². The second kappa shape index (κ2) is 4.37. The van der Waals surface area contributed by atoms with Crippen LogP contribution in [-0.2, 0) is 14.8 Å². The number of hydrogen-bond donors (Lipinski definition) is 2. The van der Waals surface area contributed by atoms with E-state index in [0.717, 1.165) is 6.42 Å². The molecule has 1 amide bonds. The maximum atomic E-state index is 11.8. The van der Waals surface area contributed by atoms with E-state index in [4.69, 9.17) is 5.14 Å². The highest BCUT2D eigenvalue weighted by Crippen LogP contribution is 2.38. The van der Waals surface area contributed by atoms with Crippen molar-refractivity contribution in [2.75, 3.05) is 5.32 Å². The molecule has 1 aliphatic rings. The Hall–Kier alpha value is -1.40. The predicted octanol–water partition coefficient (Wildman–Crippen LogP) is 1.24. The molecule has 2 rings (SSSR count). The van der Waals surface area contributed by atoms with Crippen molar-refractivity contribution < 1.29 is 13.2 Å². The lowest BCUT2D eigenvalue weighted by molar-refractivity contribution is -0.117. The molecule has 0 aliphatic heterocycles. The van der Waals surface area contributed by atoms with Gasteiger partial charge in [0.1, 0.15) is 0 Å². The van der Waals surface area contributed by atoms with Crippen molar-refractivity contribution in [3.8, 4) is 0 Å². The van der Waals surface area contributed by atoms with E-state index in [1.807, 2.05) is 6.92 Å². The molecule has 1 aliphatic carbocycles. The zero-order valence-corrected chi connectivity index (χ0v) is 11.1. The standard InChI is InChI=1S/C12H16N2O3S/c1-7-6-10(7)12(15)14-11-4-3-9(5-8(11)2)18(13,16)17/h3-5,7,10H,6H2,1-2H3,(H,14,15)(H2,13,16,17). The summed E-state index contributed by atoms with van der Waals surface area (Å²) in [5.41, 5.74) is 1.31. The van der Waals surface area contributed by atoms with Crippen LogP contribution < -0.4 is 10.5 Å². The molecule has 0 saturated heterocycles. The summed E-state index contributed by atoms with van der Waals surface area (Å²) in [5, 5.41) is 7.84. The predicted molar refractivity (Wildman–Crippen MR) is 68.5 cm³/mol. The van der Waals surface area contributed by atoms with E-state index in [9.17, 15) is 13.2 Å². The summed E-state index contributed by atoms with van der Waals surface area (Å²) < 4.78 is 22.3. The topological polar surface area (TPSA) is 89.3 Å². The van der Waals surface area contributed by atoms with Gasteiger partial charge in [-0.25, -0.2) is 13.6 Å². The summed E-state index contributed by atoms with van der Waals surface area (Å²) >= 11 is 0. The molecule has 0 bridgehead atoms. The molecule has 1 saturated carbocycles. The number of amides is 1. The van der Waals surface area contributed by atoms with Gasteiger partial charge in [-0.15, -0.1) is 0 Å². The quantitative estimate of drug-likeness (QED) is 0.864. The number of hydrogen-bond acceptors (Lipinski definition) is 3. The summed E-state index contributed by atoms with van der Waals surface area (Å²) in [6.45, 7) is 3.77. The molecule has 1 aromatic rings. The number of primary sulfonamides is 1. The van der Waals surface area contributed by atoms with Gasteiger partial charge in [-0.05, 0) is 43.0 Å². The number of anilines is 1. The van der Waals surface area contributed by atoms with Crippen LogP contribution in [0, 0.1) is 18.8 Å². The zero-order valence-electron chi connectivity index (χ0n) is 10.3. The first-order chi connectivity index (χ1) is 8.29. The van der Waals surface area contributed by atoms with Crippen molar-refractivity contribution in [1.29, 1.82) is 0 Å². The third kappa shape index (κ3) is 2.70. The fourth-order valence-electron chi connectivity index (χ4n) is 1.87. The van der Waals surface area contributed by atoms with Gasteiger partial charge in [0, 0.05) is 11.6 Å². The molecule has 0 spiro atoms. The van der Waals surface area contributed by atoms with Crippen molar-refractivity contribution in [2.45, 2.75) is 25.2 Å². The summed E-state index contributed by atoms with van der Waals surface area (Å²) in [6.07, 6.45) is 0.917. The minimum absolute atomic E-state index is 0.00560. The summed E-state index contributed by atoms with van der Waals surface area (Å²) in [5.74, 6) is 0.519. The highest BCUT2D eigenvalue weighted by molar-refractivity contribution is 7.89. The lowest BCUT2D eigenvalue weighted by atomic mass is 10.2. The number of carbonyl (C=O) groups is 1. The van der Waals surface area contributed by atoms with Crippen LogP contribution >= 0.6 is 0 Å². The summed E-state index contributed by atoms with van der Waals surface area (Å²) in [7, 11) is -3.70. The first kappa shape index (κ1) is 13.0. The van der Waals surface area contributed by atoms with Gasteiger partial charge in [0.25, 0.3) is 0 Å². The average molecular weight is 268 g/mol. The fraction of sp³-hybridized carbons (Fsp3) is 0.417. The molecule has 0 radical (unpaired) electrons. The summed E-state index contributed by atoms with van der Waals surface area (Å²) in [4.78, 5) is 11.8. The van der Waals surface area contributed by atoms with Gasteiger partial charge in [0.05, 0.1) is 4.90 Å². The SMILES string of the molecule is Cc1cc(S(N)(=O)=O)ccc1NC(=O)C1CC1C. The number of nitrogens with one attached hydrogen (secondary N) is 1. The van der Waals surface area contributed by atoms with E-state index in [0.29, 0.717) is 17.2 Å². The maximum Gasteiger partial charge on any atom is 0.238 e. The van der Waals surface area contributed by atoms with Gasteiger partial charge in [-0.1, -0.05) is 6.92 Å². The number of benzene rings is 1. The Bertz CT molecular complexity index is 595. The lowest BCUT2D eigenvalue weighted by Gasteiger charge is -2.09. The van der Waals surface area contributed by atoms with Crippen LogP contribution in [0.15, 0.2) is 23.1 Å². The molecule has 0 aromatic heterocycles. The molecule has 18 heavy (non-hydrogen) atoms. The van der Waals surface area contributed by atoms with Gasteiger partial charge >= 0.3 is 0 Å². The minimum Gasteiger partial charge on any atom is -0.326 e. The van der Waals surface area contributed by atoms with Crippen molar-refractivity contribution in [3.05, 3.63) is 23.8 Å². The first-order valence-corrected chi connectivity index (χ1v) is 7.28. The van der Waals surface area contributed by atoms with E-state index in [1.54, 1.807) is 13.0 Å². The first-order valence-electron chi connectivity index (χ1n) is 5.73. The van der Waals surface area contributed by atoms with E-state index >= 15 is 0 Å². The number of rotatable bonds is 3. The Morgan fingerprint density at radius 1 is 1.44 bits per heavy atom. The molecule has 2 atom stereocenters. The second-order valence-corrected chi connectivity index (χ2v) is 6.39. The smallest absolute Gasteiger partial charge is 0.238 e. The van der Waals surface area contributed by atoms with E-state index in [1.165, 1.54) is 12.1 Å². The van der Waals surface area contributed by atoms with Crippen LogP contribution in [0.3, 0.4) is 0 Å². The van der Waals surface area contributed by atoms with E-state index in [-0.39, 0.29) is 16.7 Å². The van der Waals surface area contributed by atoms with Crippen LogP contribution in [0.25, 0.3) is 0 Å². The number of carbonyl (C=O) groups excluding carboxylic acids is 1. The normalized spacial score (nSPS) is 22.6. The lowest BCUT2D eigenvalue weighted by Crippen LogP contribution is -2.16. The average Bonchev–Trinajstić information content (AvgIpc) is 2.97. The van der Waals surface area contributed by atoms with Crippen molar-refractivity contribution in [3.63, 3.8) is 0 Å². The molecule has 5 nitrogen and oxygen atoms in total. The van der Waals surface area contributed by atoms with Crippen molar-refractivity contribution in [2.24, 2.45) is 17.0 Å². The molecule has 1 fully saturated rings. The van der Waals surface area contributed by atoms with E-state index in [2.05, 4.69) is 5.32 Å². The largest absolute Gasteiger partial charge is 0.326 e. The monoisotopic (exact) mass is 268 g/mol. The van der Waals surface area contributed by atoms with Gasteiger partial charge in [0.15, 0.2) is 0 Å². The summed E-state index contributed by atoms with van der Waals surface area (Å²) in [6, 6.07) is 4.43. The molecular formula is C12H16N2O3S. The van der Waals surface area contributed by atoms with Crippen LogP contribution in [0.2, 0.25) is 0 Å². The zero-order chi connectivity index (χ0) is 13.5. The Morgan fingerprint density at radius 3 is 2.50 bits per heavy atom. The van der Waals surface area contributed by atoms with Gasteiger partial charge in [-0.3, -0.25) is 4.79 Å². The number of nitrogens with two attached hydrogens (primary N) is 1. The molecule has 2 unspecified atom stereocenters. The number of sulfonamides is 1. The fourth-order valence-corrected chi connectivity index (χ4v) is 2.47.